The van der Waals surface area contributed by atoms with E-state index in [1.165, 1.54) is 18.5 Å². The van der Waals surface area contributed by atoms with E-state index >= 15 is 0 Å². The highest BCUT2D eigenvalue weighted by Crippen LogP contribution is 2.28. The van der Waals surface area contributed by atoms with Crippen molar-refractivity contribution in [3.05, 3.63) is 67.1 Å². The van der Waals surface area contributed by atoms with E-state index < -0.39 is 0 Å². The SMILES string of the molecule is c1cc2cc(-c3cc4ccc(-c5ncn6c5CCCC6)nc4cn3)ncc2cn1. The standard InChI is InChI=1S/C23H18N6/c1-2-8-29-14-27-23(22(29)3-1)18-5-4-16-10-20(26-13-21(16)28-18)19-9-15-6-7-24-11-17(15)12-25-19/h4-7,9-14H,1-3,8H2. The van der Waals surface area contributed by atoms with Gasteiger partial charge in [0.2, 0.25) is 0 Å². The van der Waals surface area contributed by atoms with E-state index in [-0.39, 0.29) is 0 Å². The lowest BCUT2D eigenvalue weighted by Gasteiger charge is -2.15. The number of imidazole rings is 1. The topological polar surface area (TPSA) is 69.4 Å². The predicted molar refractivity (Wildman–Crippen MR) is 112 cm³/mol. The average Bonchev–Trinajstić information content (AvgIpc) is 3.22. The van der Waals surface area contributed by atoms with Gasteiger partial charge in [0.15, 0.2) is 0 Å². The van der Waals surface area contributed by atoms with Crippen LogP contribution in [0.4, 0.5) is 0 Å². The van der Waals surface area contributed by atoms with Gasteiger partial charge in [-0.25, -0.2) is 9.97 Å². The Labute approximate surface area is 167 Å². The Morgan fingerprint density at radius 3 is 2.62 bits per heavy atom. The highest BCUT2D eigenvalue weighted by molar-refractivity contribution is 5.87. The smallest absolute Gasteiger partial charge is 0.110 e. The molecule has 0 unspecified atom stereocenters. The summed E-state index contributed by atoms with van der Waals surface area (Å²) >= 11 is 0. The molecule has 0 aliphatic carbocycles. The molecule has 6 heteroatoms. The van der Waals surface area contributed by atoms with Crippen molar-refractivity contribution in [3.63, 3.8) is 0 Å². The second kappa shape index (κ2) is 6.44. The molecule has 0 amide bonds. The summed E-state index contributed by atoms with van der Waals surface area (Å²) in [4.78, 5) is 22.8. The third-order valence-corrected chi connectivity index (χ3v) is 5.61. The van der Waals surface area contributed by atoms with Crippen LogP contribution in [-0.2, 0) is 13.0 Å². The number of rotatable bonds is 2. The molecule has 0 bridgehead atoms. The van der Waals surface area contributed by atoms with E-state index in [1.54, 1.807) is 6.20 Å². The summed E-state index contributed by atoms with van der Waals surface area (Å²) in [5, 5.41) is 3.17. The number of pyridine rings is 4. The maximum atomic E-state index is 4.84. The molecule has 6 nitrogen and oxygen atoms in total. The zero-order chi connectivity index (χ0) is 19.2. The van der Waals surface area contributed by atoms with Gasteiger partial charge in [0.05, 0.1) is 35.1 Å². The Kier molecular flexibility index (Phi) is 3.62. The van der Waals surface area contributed by atoms with Crippen LogP contribution in [0.2, 0.25) is 0 Å². The van der Waals surface area contributed by atoms with Gasteiger partial charge in [-0.15, -0.1) is 0 Å². The van der Waals surface area contributed by atoms with Crippen LogP contribution < -0.4 is 0 Å². The van der Waals surface area contributed by atoms with Gasteiger partial charge in [-0.1, -0.05) is 6.07 Å². The number of aryl methyl sites for hydroxylation is 1. The van der Waals surface area contributed by atoms with E-state index in [2.05, 4.69) is 36.6 Å². The Hall–Kier alpha value is -3.67. The van der Waals surface area contributed by atoms with Gasteiger partial charge in [-0.3, -0.25) is 15.0 Å². The fourth-order valence-corrected chi connectivity index (χ4v) is 4.07. The van der Waals surface area contributed by atoms with E-state index in [0.717, 1.165) is 57.4 Å². The third kappa shape index (κ3) is 2.76. The molecule has 140 valence electrons. The lowest BCUT2D eigenvalue weighted by Crippen LogP contribution is -2.09. The van der Waals surface area contributed by atoms with Crippen molar-refractivity contribution in [2.45, 2.75) is 25.8 Å². The van der Waals surface area contributed by atoms with Crippen LogP contribution in [0.3, 0.4) is 0 Å². The average molecular weight is 378 g/mol. The highest BCUT2D eigenvalue weighted by atomic mass is 15.1. The number of hydrogen-bond acceptors (Lipinski definition) is 5. The molecule has 0 N–H and O–H groups in total. The molecular weight excluding hydrogens is 360 g/mol. The molecule has 6 heterocycles. The van der Waals surface area contributed by atoms with E-state index in [1.807, 2.05) is 43.1 Å². The first kappa shape index (κ1) is 16.3. The number of aromatic nitrogens is 6. The van der Waals surface area contributed by atoms with Crippen LogP contribution in [0.15, 0.2) is 61.4 Å². The van der Waals surface area contributed by atoms with Crippen molar-refractivity contribution in [2.75, 3.05) is 0 Å². The summed E-state index contributed by atoms with van der Waals surface area (Å²) in [6.07, 6.45) is 12.7. The molecule has 29 heavy (non-hydrogen) atoms. The maximum absolute atomic E-state index is 4.84. The molecule has 0 aromatic carbocycles. The Morgan fingerprint density at radius 1 is 0.759 bits per heavy atom. The van der Waals surface area contributed by atoms with Gasteiger partial charge in [-0.05, 0) is 48.9 Å². The molecule has 0 saturated heterocycles. The molecule has 5 aromatic heterocycles. The van der Waals surface area contributed by atoms with Crippen molar-refractivity contribution < 1.29 is 0 Å². The van der Waals surface area contributed by atoms with E-state index in [4.69, 9.17) is 4.98 Å². The predicted octanol–water partition coefficient (Wildman–Crippen LogP) is 4.44. The Morgan fingerprint density at radius 2 is 1.66 bits per heavy atom. The van der Waals surface area contributed by atoms with Crippen LogP contribution in [0.5, 0.6) is 0 Å². The van der Waals surface area contributed by atoms with Crippen molar-refractivity contribution in [1.29, 1.82) is 0 Å². The second-order valence-electron chi connectivity index (χ2n) is 7.44. The normalized spacial score (nSPS) is 13.7. The third-order valence-electron chi connectivity index (χ3n) is 5.61. The van der Waals surface area contributed by atoms with Gasteiger partial charge in [0.1, 0.15) is 5.69 Å². The molecule has 5 aromatic rings. The fourth-order valence-electron chi connectivity index (χ4n) is 4.07. The first-order chi connectivity index (χ1) is 14.3. The summed E-state index contributed by atoms with van der Waals surface area (Å²) in [5.41, 5.74) is 5.76. The summed E-state index contributed by atoms with van der Waals surface area (Å²) in [7, 11) is 0. The molecule has 0 radical (unpaired) electrons. The molecular formula is C23H18N6. The summed E-state index contributed by atoms with van der Waals surface area (Å²) in [6, 6.07) is 10.2. The number of fused-ring (bicyclic) bond motifs is 3. The van der Waals surface area contributed by atoms with Gasteiger partial charge in [0, 0.05) is 41.6 Å². The van der Waals surface area contributed by atoms with Crippen LogP contribution in [0.25, 0.3) is 44.5 Å². The fraction of sp³-hybridized carbons (Fsp3) is 0.174. The minimum atomic E-state index is 0.838. The van der Waals surface area contributed by atoms with Gasteiger partial charge < -0.3 is 4.57 Å². The molecule has 6 rings (SSSR count). The van der Waals surface area contributed by atoms with Gasteiger partial charge >= 0.3 is 0 Å². The maximum Gasteiger partial charge on any atom is 0.110 e. The van der Waals surface area contributed by atoms with Crippen molar-refractivity contribution in [1.82, 2.24) is 29.5 Å². The number of nitrogens with zero attached hydrogens (tertiary/aromatic N) is 6. The van der Waals surface area contributed by atoms with Gasteiger partial charge in [-0.2, -0.15) is 0 Å². The minimum Gasteiger partial charge on any atom is -0.334 e. The van der Waals surface area contributed by atoms with Crippen LogP contribution in [0, 0.1) is 0 Å². The van der Waals surface area contributed by atoms with E-state index in [0.29, 0.717) is 0 Å². The van der Waals surface area contributed by atoms with Crippen LogP contribution in [0.1, 0.15) is 18.5 Å². The van der Waals surface area contributed by atoms with Crippen molar-refractivity contribution in [2.24, 2.45) is 0 Å². The monoisotopic (exact) mass is 378 g/mol. The molecule has 0 saturated carbocycles. The first-order valence-electron chi connectivity index (χ1n) is 9.86. The molecule has 0 fully saturated rings. The summed E-state index contributed by atoms with van der Waals surface area (Å²) in [6.45, 7) is 1.05. The zero-order valence-corrected chi connectivity index (χ0v) is 15.8. The Bertz CT molecular complexity index is 1370. The zero-order valence-electron chi connectivity index (χ0n) is 15.8. The summed E-state index contributed by atoms with van der Waals surface area (Å²) < 4.78 is 2.26. The lowest BCUT2D eigenvalue weighted by molar-refractivity contribution is 0.533. The van der Waals surface area contributed by atoms with E-state index in [9.17, 15) is 0 Å². The quantitative estimate of drug-likeness (QED) is 0.454. The van der Waals surface area contributed by atoms with Crippen LogP contribution >= 0.6 is 0 Å². The largest absolute Gasteiger partial charge is 0.334 e. The summed E-state index contributed by atoms with van der Waals surface area (Å²) in [5.74, 6) is 0. The molecule has 0 atom stereocenters. The van der Waals surface area contributed by atoms with Crippen LogP contribution in [-0.4, -0.2) is 29.5 Å². The molecule has 1 aliphatic heterocycles. The Balaban J connectivity index is 1.41. The minimum absolute atomic E-state index is 0.838. The second-order valence-corrected chi connectivity index (χ2v) is 7.44. The van der Waals surface area contributed by atoms with Crippen molar-refractivity contribution >= 4 is 21.7 Å². The molecule has 1 aliphatic rings. The number of hydrogen-bond donors (Lipinski definition) is 0. The van der Waals surface area contributed by atoms with Crippen molar-refractivity contribution in [3.8, 4) is 22.8 Å². The first-order valence-corrected chi connectivity index (χ1v) is 9.86. The molecule has 0 spiro atoms. The highest BCUT2D eigenvalue weighted by Gasteiger charge is 2.17. The lowest BCUT2D eigenvalue weighted by atomic mass is 10.1. The van der Waals surface area contributed by atoms with Gasteiger partial charge in [0.25, 0.3) is 0 Å².